The Hall–Kier alpha value is -2.14. The molecule has 0 bridgehead atoms. The van der Waals surface area contributed by atoms with E-state index in [9.17, 15) is 4.79 Å². The predicted molar refractivity (Wildman–Crippen MR) is 98.1 cm³/mol. The molecule has 130 valence electrons. The predicted octanol–water partition coefficient (Wildman–Crippen LogP) is 2.92. The number of amides is 1. The van der Waals surface area contributed by atoms with E-state index in [4.69, 9.17) is 0 Å². The van der Waals surface area contributed by atoms with Gasteiger partial charge in [-0.1, -0.05) is 32.0 Å². The lowest BCUT2D eigenvalue weighted by molar-refractivity contribution is -0.117. The van der Waals surface area contributed by atoms with Gasteiger partial charge in [-0.05, 0) is 37.9 Å². The molecule has 1 heterocycles. The van der Waals surface area contributed by atoms with Crippen LogP contribution in [-0.4, -0.2) is 34.2 Å². The third-order valence-corrected chi connectivity index (χ3v) is 4.45. The highest BCUT2D eigenvalue weighted by Gasteiger charge is 2.13. The molecule has 1 aromatic heterocycles. The van der Waals surface area contributed by atoms with Gasteiger partial charge in [-0.25, -0.2) is 0 Å². The summed E-state index contributed by atoms with van der Waals surface area (Å²) in [4.78, 5) is 14.5. The van der Waals surface area contributed by atoms with Crippen molar-refractivity contribution < 1.29 is 4.79 Å². The van der Waals surface area contributed by atoms with Crippen molar-refractivity contribution in [3.05, 3.63) is 46.8 Å². The lowest BCUT2D eigenvalue weighted by Crippen LogP contribution is -2.30. The van der Waals surface area contributed by atoms with Gasteiger partial charge in [-0.3, -0.25) is 14.4 Å². The lowest BCUT2D eigenvalue weighted by atomic mass is 10.0. The number of para-hydroxylation sites is 1. The number of aromatic nitrogens is 2. The second-order valence-electron chi connectivity index (χ2n) is 6.26. The van der Waals surface area contributed by atoms with Crippen LogP contribution in [0.15, 0.2) is 24.4 Å². The van der Waals surface area contributed by atoms with Crippen LogP contribution in [0.5, 0.6) is 0 Å². The van der Waals surface area contributed by atoms with Crippen molar-refractivity contribution in [2.75, 3.05) is 18.9 Å². The summed E-state index contributed by atoms with van der Waals surface area (Å²) in [7, 11) is 3.89. The standard InChI is InChI=1S/C19H28N4O/c1-6-15-9-8-10-16(7-2)19(15)21-18(24)13-22(4)12-17-11-20-23(5)14(17)3/h8-11H,6-7,12-13H2,1-5H3,(H,21,24). The van der Waals surface area contributed by atoms with E-state index in [1.807, 2.05) is 36.8 Å². The van der Waals surface area contributed by atoms with E-state index >= 15 is 0 Å². The summed E-state index contributed by atoms with van der Waals surface area (Å²) in [5.74, 6) is 0.0228. The van der Waals surface area contributed by atoms with Gasteiger partial charge in [0.2, 0.25) is 5.91 Å². The van der Waals surface area contributed by atoms with Gasteiger partial charge in [-0.2, -0.15) is 5.10 Å². The summed E-state index contributed by atoms with van der Waals surface area (Å²) < 4.78 is 1.86. The first-order valence-electron chi connectivity index (χ1n) is 8.52. The maximum Gasteiger partial charge on any atom is 0.238 e. The molecule has 0 radical (unpaired) electrons. The molecule has 0 aliphatic heterocycles. The number of likely N-dealkylation sites (N-methyl/N-ethyl adjacent to an activating group) is 1. The molecule has 1 N–H and O–H groups in total. The van der Waals surface area contributed by atoms with E-state index in [1.54, 1.807) is 0 Å². The number of anilines is 1. The fourth-order valence-corrected chi connectivity index (χ4v) is 2.87. The van der Waals surface area contributed by atoms with E-state index in [2.05, 4.69) is 42.5 Å². The largest absolute Gasteiger partial charge is 0.324 e. The number of hydrogen-bond donors (Lipinski definition) is 1. The van der Waals surface area contributed by atoms with Crippen LogP contribution in [0.2, 0.25) is 0 Å². The van der Waals surface area contributed by atoms with Gasteiger partial charge in [0.1, 0.15) is 0 Å². The van der Waals surface area contributed by atoms with Gasteiger partial charge < -0.3 is 5.32 Å². The molecular weight excluding hydrogens is 300 g/mol. The average Bonchev–Trinajstić information content (AvgIpc) is 2.86. The Bertz CT molecular complexity index is 683. The highest BCUT2D eigenvalue weighted by atomic mass is 16.2. The van der Waals surface area contributed by atoms with Gasteiger partial charge in [0.05, 0.1) is 12.7 Å². The Morgan fingerprint density at radius 3 is 2.33 bits per heavy atom. The molecule has 0 spiro atoms. The molecule has 5 heteroatoms. The zero-order valence-electron chi connectivity index (χ0n) is 15.4. The molecule has 0 aliphatic rings. The Morgan fingerprint density at radius 2 is 1.83 bits per heavy atom. The molecule has 0 atom stereocenters. The van der Waals surface area contributed by atoms with Gasteiger partial charge >= 0.3 is 0 Å². The van der Waals surface area contributed by atoms with Crippen molar-refractivity contribution in [3.63, 3.8) is 0 Å². The van der Waals surface area contributed by atoms with Crippen molar-refractivity contribution in [2.24, 2.45) is 7.05 Å². The summed E-state index contributed by atoms with van der Waals surface area (Å²) in [6.45, 7) is 7.34. The first-order valence-corrected chi connectivity index (χ1v) is 8.52. The first kappa shape index (κ1) is 18.2. The number of carbonyl (C=O) groups is 1. The minimum atomic E-state index is 0.0228. The fraction of sp³-hybridized carbons (Fsp3) is 0.474. The number of nitrogens with one attached hydrogen (secondary N) is 1. The van der Waals surface area contributed by atoms with Crippen LogP contribution in [0.1, 0.15) is 36.2 Å². The maximum atomic E-state index is 12.5. The summed E-state index contributed by atoms with van der Waals surface area (Å²) in [5.41, 5.74) is 5.64. The van der Waals surface area contributed by atoms with Crippen LogP contribution in [0, 0.1) is 6.92 Å². The van der Waals surface area contributed by atoms with Crippen LogP contribution in [0.3, 0.4) is 0 Å². The zero-order chi connectivity index (χ0) is 17.7. The van der Waals surface area contributed by atoms with Crippen molar-refractivity contribution >= 4 is 11.6 Å². The highest BCUT2D eigenvalue weighted by Crippen LogP contribution is 2.22. The van der Waals surface area contributed by atoms with Crippen LogP contribution >= 0.6 is 0 Å². The molecule has 5 nitrogen and oxygen atoms in total. The third-order valence-electron chi connectivity index (χ3n) is 4.45. The molecule has 2 rings (SSSR count). The Kier molecular flexibility index (Phi) is 6.15. The number of rotatable bonds is 7. The Balaban J connectivity index is 2.02. The Labute approximate surface area is 144 Å². The molecular formula is C19H28N4O. The second kappa shape index (κ2) is 8.11. The monoisotopic (exact) mass is 328 g/mol. The molecule has 0 saturated heterocycles. The van der Waals surface area contributed by atoms with E-state index in [-0.39, 0.29) is 5.91 Å². The summed E-state index contributed by atoms with van der Waals surface area (Å²) in [6, 6.07) is 6.22. The fourth-order valence-electron chi connectivity index (χ4n) is 2.87. The molecule has 0 saturated carbocycles. The molecule has 0 aliphatic carbocycles. The smallest absolute Gasteiger partial charge is 0.238 e. The summed E-state index contributed by atoms with van der Waals surface area (Å²) >= 11 is 0. The maximum absolute atomic E-state index is 12.5. The van der Waals surface area contributed by atoms with Gasteiger partial charge in [0.15, 0.2) is 0 Å². The van der Waals surface area contributed by atoms with E-state index in [0.29, 0.717) is 13.1 Å². The van der Waals surface area contributed by atoms with Crippen LogP contribution in [0.25, 0.3) is 0 Å². The van der Waals surface area contributed by atoms with Crippen LogP contribution in [-0.2, 0) is 31.2 Å². The first-order chi connectivity index (χ1) is 11.5. The number of aryl methyl sites for hydroxylation is 3. The van der Waals surface area contributed by atoms with Gasteiger partial charge in [0.25, 0.3) is 0 Å². The van der Waals surface area contributed by atoms with E-state index in [1.165, 1.54) is 11.1 Å². The normalized spacial score (nSPS) is 11.1. The zero-order valence-corrected chi connectivity index (χ0v) is 15.4. The molecule has 24 heavy (non-hydrogen) atoms. The third kappa shape index (κ3) is 4.23. The average molecular weight is 328 g/mol. The number of carbonyl (C=O) groups excluding carboxylic acids is 1. The molecule has 1 amide bonds. The number of benzene rings is 1. The van der Waals surface area contributed by atoms with E-state index < -0.39 is 0 Å². The minimum Gasteiger partial charge on any atom is -0.324 e. The molecule has 0 fully saturated rings. The number of hydrogen-bond acceptors (Lipinski definition) is 3. The van der Waals surface area contributed by atoms with Crippen LogP contribution in [0.4, 0.5) is 5.69 Å². The van der Waals surface area contributed by atoms with Gasteiger partial charge in [0, 0.05) is 30.5 Å². The number of nitrogens with zero attached hydrogens (tertiary/aromatic N) is 3. The van der Waals surface area contributed by atoms with Gasteiger partial charge in [-0.15, -0.1) is 0 Å². The highest BCUT2D eigenvalue weighted by molar-refractivity contribution is 5.93. The second-order valence-corrected chi connectivity index (χ2v) is 6.26. The minimum absolute atomic E-state index is 0.0228. The van der Waals surface area contributed by atoms with Crippen molar-refractivity contribution in [1.82, 2.24) is 14.7 Å². The topological polar surface area (TPSA) is 50.2 Å². The molecule has 2 aromatic rings. The lowest BCUT2D eigenvalue weighted by Gasteiger charge is -2.18. The quantitative estimate of drug-likeness (QED) is 0.850. The Morgan fingerprint density at radius 1 is 1.21 bits per heavy atom. The van der Waals surface area contributed by atoms with E-state index in [0.717, 1.165) is 29.8 Å². The summed E-state index contributed by atoms with van der Waals surface area (Å²) in [5, 5.41) is 7.37. The van der Waals surface area contributed by atoms with Crippen LogP contribution < -0.4 is 5.32 Å². The molecule has 0 unspecified atom stereocenters. The SMILES string of the molecule is CCc1cccc(CC)c1NC(=O)CN(C)Cc1cnn(C)c1C. The summed E-state index contributed by atoms with van der Waals surface area (Å²) in [6.07, 6.45) is 3.69. The van der Waals surface area contributed by atoms with Crippen molar-refractivity contribution in [1.29, 1.82) is 0 Å². The van der Waals surface area contributed by atoms with Crippen molar-refractivity contribution in [2.45, 2.75) is 40.2 Å². The van der Waals surface area contributed by atoms with Crippen molar-refractivity contribution in [3.8, 4) is 0 Å². The molecule has 1 aromatic carbocycles.